The van der Waals surface area contributed by atoms with Crippen LogP contribution in [0.5, 0.6) is 0 Å². The van der Waals surface area contributed by atoms with Gasteiger partial charge in [-0.1, -0.05) is 11.6 Å². The third kappa shape index (κ3) is 5.59. The van der Waals surface area contributed by atoms with E-state index >= 15 is 0 Å². The maximum atomic E-state index is 12.6. The molecule has 1 heterocycles. The first-order valence-corrected chi connectivity index (χ1v) is 11.1. The summed E-state index contributed by atoms with van der Waals surface area (Å²) in [5.74, 6) is -1.56. The van der Waals surface area contributed by atoms with Gasteiger partial charge in [0.15, 0.2) is 6.61 Å². The molecule has 0 radical (unpaired) electrons. The van der Waals surface area contributed by atoms with Crippen LogP contribution >= 0.6 is 11.6 Å². The summed E-state index contributed by atoms with van der Waals surface area (Å²) in [6.07, 6.45) is 0. The smallest absolute Gasteiger partial charge is 0.338 e. The molecule has 0 spiro atoms. The number of carbonyl (C=O) groups excluding carboxylic acids is 2. The molecule has 1 aliphatic heterocycles. The number of hydrogen-bond acceptors (Lipinski definition) is 8. The lowest BCUT2D eigenvalue weighted by molar-refractivity contribution is -0.384. The lowest BCUT2D eigenvalue weighted by atomic mass is 10.2. The van der Waals surface area contributed by atoms with Crippen molar-refractivity contribution in [3.05, 3.63) is 63.2 Å². The van der Waals surface area contributed by atoms with Crippen LogP contribution in [0.2, 0.25) is 5.02 Å². The van der Waals surface area contributed by atoms with Crippen LogP contribution in [0.1, 0.15) is 10.4 Å². The number of nitrogens with one attached hydrogen (secondary N) is 1. The van der Waals surface area contributed by atoms with E-state index in [1.807, 2.05) is 0 Å². The molecule has 0 saturated carbocycles. The van der Waals surface area contributed by atoms with E-state index in [-0.39, 0.29) is 39.9 Å². The number of nitro benzene ring substituents is 1. The number of rotatable bonds is 7. The van der Waals surface area contributed by atoms with E-state index in [1.54, 1.807) is 0 Å². The summed E-state index contributed by atoms with van der Waals surface area (Å²) in [6, 6.07) is 8.85. The second-order valence-corrected chi connectivity index (χ2v) is 8.93. The van der Waals surface area contributed by atoms with Gasteiger partial charge in [0.25, 0.3) is 11.6 Å². The standard InChI is InChI=1S/C19H18ClN3O8S/c20-16-6-3-14(11-17(16)23(26)27)21-18(24)12-31-19(25)13-1-4-15(5-2-13)32(28,29)22-7-9-30-10-8-22/h1-6,11H,7-10,12H2,(H,21,24). The highest BCUT2D eigenvalue weighted by Gasteiger charge is 2.26. The normalized spacial score (nSPS) is 14.5. The highest BCUT2D eigenvalue weighted by Crippen LogP contribution is 2.27. The number of sulfonamides is 1. The minimum atomic E-state index is -3.70. The van der Waals surface area contributed by atoms with Gasteiger partial charge in [-0.2, -0.15) is 4.31 Å². The number of morpholine rings is 1. The maximum Gasteiger partial charge on any atom is 0.338 e. The van der Waals surface area contributed by atoms with Crippen molar-refractivity contribution in [2.75, 3.05) is 38.2 Å². The molecule has 13 heteroatoms. The second kappa shape index (κ2) is 10.0. The van der Waals surface area contributed by atoms with Crippen molar-refractivity contribution in [3.8, 4) is 0 Å². The predicted molar refractivity (Wildman–Crippen MR) is 113 cm³/mol. The van der Waals surface area contributed by atoms with Gasteiger partial charge in [-0.3, -0.25) is 14.9 Å². The third-order valence-corrected chi connectivity index (χ3v) is 6.69. The first-order chi connectivity index (χ1) is 15.2. The average molecular weight is 484 g/mol. The SMILES string of the molecule is O=C(COC(=O)c1ccc(S(=O)(=O)N2CCOCC2)cc1)Nc1ccc(Cl)c([N+](=O)[O-])c1. The predicted octanol–water partition coefficient (Wildman–Crippen LogP) is 2.06. The van der Waals surface area contributed by atoms with Crippen molar-refractivity contribution in [3.63, 3.8) is 0 Å². The zero-order chi connectivity index (χ0) is 23.3. The third-order valence-electron chi connectivity index (χ3n) is 4.46. The molecule has 2 aromatic rings. The Bertz CT molecular complexity index is 1130. The van der Waals surface area contributed by atoms with Crippen molar-refractivity contribution in [1.82, 2.24) is 4.31 Å². The summed E-state index contributed by atoms with van der Waals surface area (Å²) in [6.45, 7) is 0.475. The summed E-state index contributed by atoms with van der Waals surface area (Å²) in [5, 5.41) is 13.2. The van der Waals surface area contributed by atoms with Gasteiger partial charge in [0.05, 0.1) is 28.6 Å². The number of anilines is 1. The highest BCUT2D eigenvalue weighted by atomic mass is 35.5. The van der Waals surface area contributed by atoms with Gasteiger partial charge in [0, 0.05) is 24.8 Å². The Morgan fingerprint density at radius 3 is 2.44 bits per heavy atom. The van der Waals surface area contributed by atoms with Crippen molar-refractivity contribution in [1.29, 1.82) is 0 Å². The van der Waals surface area contributed by atoms with Gasteiger partial charge in [0.2, 0.25) is 10.0 Å². The van der Waals surface area contributed by atoms with Crippen molar-refractivity contribution < 1.29 is 32.4 Å². The minimum Gasteiger partial charge on any atom is -0.452 e. The molecule has 0 atom stereocenters. The van der Waals surface area contributed by atoms with Gasteiger partial charge in [-0.05, 0) is 36.4 Å². The summed E-state index contributed by atoms with van der Waals surface area (Å²) in [4.78, 5) is 34.4. The number of amides is 1. The van der Waals surface area contributed by atoms with Crippen LogP contribution in [-0.4, -0.2) is 62.4 Å². The fourth-order valence-corrected chi connectivity index (χ4v) is 4.44. The number of benzene rings is 2. The second-order valence-electron chi connectivity index (χ2n) is 6.59. The van der Waals surface area contributed by atoms with Gasteiger partial charge in [-0.15, -0.1) is 0 Å². The van der Waals surface area contributed by atoms with Gasteiger partial charge >= 0.3 is 5.97 Å². The minimum absolute atomic E-state index is 0.0259. The fourth-order valence-electron chi connectivity index (χ4n) is 2.84. The van der Waals surface area contributed by atoms with E-state index < -0.39 is 33.4 Å². The Morgan fingerprint density at radius 1 is 1.16 bits per heavy atom. The van der Waals surface area contributed by atoms with E-state index in [4.69, 9.17) is 21.1 Å². The van der Waals surface area contributed by atoms with Crippen LogP contribution in [0.25, 0.3) is 0 Å². The lowest BCUT2D eigenvalue weighted by Crippen LogP contribution is -2.40. The monoisotopic (exact) mass is 483 g/mol. The molecular formula is C19H18ClN3O8S. The van der Waals surface area contributed by atoms with Gasteiger partial charge in [-0.25, -0.2) is 13.2 Å². The maximum absolute atomic E-state index is 12.6. The number of esters is 1. The Hall–Kier alpha value is -3.06. The summed E-state index contributed by atoms with van der Waals surface area (Å²) < 4.78 is 36.6. The van der Waals surface area contributed by atoms with Gasteiger partial charge < -0.3 is 14.8 Å². The Balaban J connectivity index is 1.57. The number of hydrogen-bond donors (Lipinski definition) is 1. The van der Waals surface area contributed by atoms with E-state index in [2.05, 4.69) is 5.32 Å². The number of nitrogens with zero attached hydrogens (tertiary/aromatic N) is 2. The van der Waals surface area contributed by atoms with Crippen LogP contribution in [0.3, 0.4) is 0 Å². The van der Waals surface area contributed by atoms with E-state index in [0.29, 0.717) is 13.2 Å². The first kappa shape index (κ1) is 23.6. The van der Waals surface area contributed by atoms with Crippen LogP contribution in [0.4, 0.5) is 11.4 Å². The van der Waals surface area contributed by atoms with Crippen LogP contribution in [0, 0.1) is 10.1 Å². The number of halogens is 1. The molecule has 1 aliphatic rings. The zero-order valence-corrected chi connectivity index (χ0v) is 18.1. The molecule has 1 N–H and O–H groups in total. The summed E-state index contributed by atoms with van der Waals surface area (Å²) in [7, 11) is -3.70. The molecule has 11 nitrogen and oxygen atoms in total. The number of ether oxygens (including phenoxy) is 2. The molecule has 3 rings (SSSR count). The van der Waals surface area contributed by atoms with Crippen molar-refractivity contribution >= 4 is 44.9 Å². The van der Waals surface area contributed by atoms with E-state index in [1.165, 1.54) is 40.7 Å². The molecule has 0 aromatic heterocycles. The highest BCUT2D eigenvalue weighted by molar-refractivity contribution is 7.89. The van der Waals surface area contributed by atoms with E-state index in [0.717, 1.165) is 6.07 Å². The van der Waals surface area contributed by atoms with Gasteiger partial charge in [0.1, 0.15) is 5.02 Å². The largest absolute Gasteiger partial charge is 0.452 e. The molecule has 1 fully saturated rings. The topological polar surface area (TPSA) is 145 Å². The van der Waals surface area contributed by atoms with E-state index in [9.17, 15) is 28.1 Å². The Labute approximate surface area is 188 Å². The molecular weight excluding hydrogens is 466 g/mol. The van der Waals surface area contributed by atoms with Crippen LogP contribution < -0.4 is 5.32 Å². The molecule has 32 heavy (non-hydrogen) atoms. The first-order valence-electron chi connectivity index (χ1n) is 9.27. The molecule has 1 amide bonds. The molecule has 1 saturated heterocycles. The Morgan fingerprint density at radius 2 is 1.81 bits per heavy atom. The van der Waals surface area contributed by atoms with Crippen molar-refractivity contribution in [2.45, 2.75) is 4.90 Å². The van der Waals surface area contributed by atoms with Crippen LogP contribution in [0.15, 0.2) is 47.4 Å². The Kier molecular flexibility index (Phi) is 7.40. The summed E-state index contributed by atoms with van der Waals surface area (Å²) >= 11 is 5.71. The zero-order valence-electron chi connectivity index (χ0n) is 16.5. The van der Waals surface area contributed by atoms with Crippen molar-refractivity contribution in [2.24, 2.45) is 0 Å². The summed E-state index contributed by atoms with van der Waals surface area (Å²) in [5.41, 5.74) is -0.214. The number of nitro groups is 1. The molecule has 2 aromatic carbocycles. The van der Waals surface area contributed by atoms with Crippen LogP contribution in [-0.2, 0) is 24.3 Å². The fraction of sp³-hybridized carbons (Fsp3) is 0.263. The lowest BCUT2D eigenvalue weighted by Gasteiger charge is -2.26. The molecule has 170 valence electrons. The molecule has 0 unspecified atom stereocenters. The quantitative estimate of drug-likeness (QED) is 0.358. The molecule has 0 bridgehead atoms. The molecule has 0 aliphatic carbocycles. The average Bonchev–Trinajstić information content (AvgIpc) is 2.79. The number of carbonyl (C=O) groups is 2.